The van der Waals surface area contributed by atoms with Gasteiger partial charge in [-0.3, -0.25) is 4.90 Å². The van der Waals surface area contributed by atoms with Gasteiger partial charge in [-0.2, -0.15) is 0 Å². The summed E-state index contributed by atoms with van der Waals surface area (Å²) in [6.07, 6.45) is 0.952. The summed E-state index contributed by atoms with van der Waals surface area (Å²) in [7, 11) is 0. The lowest BCUT2D eigenvalue weighted by molar-refractivity contribution is -0.439. The Morgan fingerprint density at radius 2 is 1.59 bits per heavy atom. The molecule has 2 saturated heterocycles. The second-order valence-electron chi connectivity index (χ2n) is 7.60. The first-order valence-electron chi connectivity index (χ1n) is 6.66. The third kappa shape index (κ3) is 2.38. The van der Waals surface area contributed by atoms with Crippen molar-refractivity contribution in [2.24, 2.45) is 5.41 Å². The van der Waals surface area contributed by atoms with Crippen molar-refractivity contribution in [1.82, 2.24) is 4.90 Å². The van der Waals surface area contributed by atoms with Crippen LogP contribution in [0.4, 0.5) is 0 Å². The number of nitrogens with zero attached hydrogens (tertiary/aromatic N) is 1. The van der Waals surface area contributed by atoms with Gasteiger partial charge in [0.25, 0.3) is 0 Å². The van der Waals surface area contributed by atoms with E-state index in [1.54, 1.807) is 0 Å². The first-order chi connectivity index (χ1) is 7.54. The Morgan fingerprint density at radius 1 is 1.06 bits per heavy atom. The van der Waals surface area contributed by atoms with Crippen LogP contribution in [0.3, 0.4) is 0 Å². The molecule has 1 spiro atoms. The highest BCUT2D eigenvalue weighted by molar-refractivity contribution is 5.03. The molecule has 2 aliphatic rings. The predicted octanol–water partition coefficient (Wildman–Crippen LogP) is 2.99. The highest BCUT2D eigenvalue weighted by atomic mass is 16.9. The highest BCUT2D eigenvalue weighted by Crippen LogP contribution is 2.47. The number of likely N-dealkylation sites (tertiary alicyclic amines) is 1. The van der Waals surface area contributed by atoms with Crippen LogP contribution in [0.15, 0.2) is 0 Å². The van der Waals surface area contributed by atoms with E-state index in [1.165, 1.54) is 0 Å². The summed E-state index contributed by atoms with van der Waals surface area (Å²) in [4.78, 5) is 2.54. The van der Waals surface area contributed by atoms with Crippen LogP contribution in [0, 0.1) is 5.41 Å². The first-order valence-corrected chi connectivity index (χ1v) is 6.66. The highest BCUT2D eigenvalue weighted by Gasteiger charge is 2.57. The van der Waals surface area contributed by atoms with Gasteiger partial charge in [-0.05, 0) is 33.1 Å². The smallest absolute Gasteiger partial charge is 0.188 e. The van der Waals surface area contributed by atoms with E-state index in [1.807, 2.05) is 6.92 Å². The van der Waals surface area contributed by atoms with Crippen molar-refractivity contribution in [3.05, 3.63) is 0 Å². The fourth-order valence-electron chi connectivity index (χ4n) is 3.10. The number of ether oxygens (including phenoxy) is 2. The molecule has 0 bridgehead atoms. The van der Waals surface area contributed by atoms with Crippen molar-refractivity contribution >= 4 is 0 Å². The molecule has 1 unspecified atom stereocenters. The van der Waals surface area contributed by atoms with Crippen LogP contribution >= 0.6 is 0 Å². The van der Waals surface area contributed by atoms with Crippen molar-refractivity contribution in [3.8, 4) is 0 Å². The maximum absolute atomic E-state index is 5.87. The van der Waals surface area contributed by atoms with E-state index in [2.05, 4.69) is 46.4 Å². The molecule has 0 radical (unpaired) electrons. The standard InChI is InChI=1S/C14H27NO2/c1-10-16-14(17-10)8-11(12(2,3)4)15(9-14)13(5,6)7/h10-11H,8-9H2,1-7H3. The van der Waals surface area contributed by atoms with E-state index in [4.69, 9.17) is 9.47 Å². The Labute approximate surface area is 105 Å². The van der Waals surface area contributed by atoms with Crippen molar-refractivity contribution in [3.63, 3.8) is 0 Å². The molecule has 0 N–H and O–H groups in total. The predicted molar refractivity (Wildman–Crippen MR) is 68.7 cm³/mol. The minimum atomic E-state index is -0.329. The maximum Gasteiger partial charge on any atom is 0.188 e. The van der Waals surface area contributed by atoms with Crippen molar-refractivity contribution in [2.45, 2.75) is 78.5 Å². The van der Waals surface area contributed by atoms with E-state index in [9.17, 15) is 0 Å². The molecule has 2 rings (SSSR count). The zero-order valence-corrected chi connectivity index (χ0v) is 12.3. The maximum atomic E-state index is 5.87. The fraction of sp³-hybridized carbons (Fsp3) is 1.00. The number of hydrogen-bond donors (Lipinski definition) is 0. The Bertz CT molecular complexity index is 270. The lowest BCUT2D eigenvalue weighted by atomic mass is 9.83. The van der Waals surface area contributed by atoms with Crippen molar-refractivity contribution in [2.75, 3.05) is 6.54 Å². The van der Waals surface area contributed by atoms with Crippen LogP contribution in [0.25, 0.3) is 0 Å². The average molecular weight is 241 g/mol. The monoisotopic (exact) mass is 241 g/mol. The zero-order chi connectivity index (χ0) is 13.1. The van der Waals surface area contributed by atoms with Gasteiger partial charge in [0.05, 0.1) is 6.54 Å². The summed E-state index contributed by atoms with van der Waals surface area (Å²) in [5, 5.41) is 0. The van der Waals surface area contributed by atoms with Crippen molar-refractivity contribution < 1.29 is 9.47 Å². The Hall–Kier alpha value is -0.120. The molecule has 1 atom stereocenters. The molecule has 3 heteroatoms. The summed E-state index contributed by atoms with van der Waals surface area (Å²) >= 11 is 0. The van der Waals surface area contributed by atoms with E-state index in [-0.39, 0.29) is 23.0 Å². The summed E-state index contributed by atoms with van der Waals surface area (Å²) in [5.74, 6) is -0.329. The van der Waals surface area contributed by atoms with Crippen LogP contribution in [0.2, 0.25) is 0 Å². The molecule has 0 amide bonds. The summed E-state index contributed by atoms with van der Waals surface area (Å²) < 4.78 is 11.7. The second-order valence-corrected chi connectivity index (χ2v) is 7.60. The second kappa shape index (κ2) is 3.69. The largest absolute Gasteiger partial charge is 0.320 e. The summed E-state index contributed by atoms with van der Waals surface area (Å²) in [6, 6.07) is 0.509. The average Bonchev–Trinajstić information content (AvgIpc) is 2.41. The van der Waals surface area contributed by atoms with Crippen LogP contribution < -0.4 is 0 Å². The molecule has 17 heavy (non-hydrogen) atoms. The third-order valence-electron chi connectivity index (χ3n) is 3.91. The molecule has 0 aromatic rings. The molecule has 2 fully saturated rings. The number of hydrogen-bond acceptors (Lipinski definition) is 3. The van der Waals surface area contributed by atoms with E-state index < -0.39 is 0 Å². The lowest BCUT2D eigenvalue weighted by Gasteiger charge is -2.44. The van der Waals surface area contributed by atoms with E-state index in [0.717, 1.165) is 13.0 Å². The van der Waals surface area contributed by atoms with E-state index in [0.29, 0.717) is 6.04 Å². The molecule has 0 aromatic heterocycles. The normalized spacial score (nSPS) is 39.7. The van der Waals surface area contributed by atoms with Gasteiger partial charge in [0.15, 0.2) is 12.1 Å². The van der Waals surface area contributed by atoms with Crippen LogP contribution in [0.5, 0.6) is 0 Å². The molecular weight excluding hydrogens is 214 g/mol. The van der Waals surface area contributed by atoms with Gasteiger partial charge in [-0.15, -0.1) is 0 Å². The van der Waals surface area contributed by atoms with E-state index >= 15 is 0 Å². The van der Waals surface area contributed by atoms with Gasteiger partial charge in [0, 0.05) is 18.0 Å². The third-order valence-corrected chi connectivity index (χ3v) is 3.91. The molecule has 3 nitrogen and oxygen atoms in total. The summed E-state index contributed by atoms with van der Waals surface area (Å²) in [6.45, 7) is 16.6. The van der Waals surface area contributed by atoms with Crippen LogP contribution in [-0.2, 0) is 9.47 Å². The molecule has 0 aliphatic carbocycles. The Kier molecular flexibility index (Phi) is 2.89. The topological polar surface area (TPSA) is 21.7 Å². The SMILES string of the molecule is CC1OC2(CC(C(C)(C)C)N(C(C)(C)C)C2)O1. The van der Waals surface area contributed by atoms with Gasteiger partial charge in [-0.25, -0.2) is 0 Å². The quantitative estimate of drug-likeness (QED) is 0.651. The van der Waals surface area contributed by atoms with Gasteiger partial charge >= 0.3 is 0 Å². The lowest BCUT2D eigenvalue weighted by Crippen LogP contribution is -2.55. The zero-order valence-electron chi connectivity index (χ0n) is 12.3. The van der Waals surface area contributed by atoms with Crippen LogP contribution in [-0.4, -0.2) is 35.1 Å². The minimum absolute atomic E-state index is 0.0319. The van der Waals surface area contributed by atoms with Gasteiger partial charge in [0.2, 0.25) is 0 Å². The Balaban J connectivity index is 2.19. The molecule has 2 heterocycles. The van der Waals surface area contributed by atoms with Gasteiger partial charge in [0.1, 0.15) is 0 Å². The minimum Gasteiger partial charge on any atom is -0.320 e. The molecule has 100 valence electrons. The first kappa shape index (κ1) is 13.3. The van der Waals surface area contributed by atoms with Crippen molar-refractivity contribution in [1.29, 1.82) is 0 Å². The van der Waals surface area contributed by atoms with Gasteiger partial charge in [-0.1, -0.05) is 20.8 Å². The van der Waals surface area contributed by atoms with Crippen LogP contribution in [0.1, 0.15) is 54.9 Å². The molecule has 0 saturated carbocycles. The summed E-state index contributed by atoms with van der Waals surface area (Å²) in [5.41, 5.74) is 0.412. The number of rotatable bonds is 0. The molecule has 2 aliphatic heterocycles. The Morgan fingerprint density at radius 3 is 1.88 bits per heavy atom. The van der Waals surface area contributed by atoms with Gasteiger partial charge < -0.3 is 9.47 Å². The molecular formula is C14H27NO2. The fourth-order valence-corrected chi connectivity index (χ4v) is 3.10. The molecule has 0 aromatic carbocycles.